The van der Waals surface area contributed by atoms with E-state index in [4.69, 9.17) is 11.6 Å². The van der Waals surface area contributed by atoms with Gasteiger partial charge in [0.05, 0.1) is 0 Å². The van der Waals surface area contributed by atoms with Crippen LogP contribution >= 0.6 is 22.9 Å². The zero-order chi connectivity index (χ0) is 12.1. The van der Waals surface area contributed by atoms with E-state index in [2.05, 4.69) is 42.5 Å². The number of halogens is 1. The van der Waals surface area contributed by atoms with Gasteiger partial charge in [0.2, 0.25) is 0 Å². The standard InChI is InChI=1S/C16H9ClS/c17-14-6-3-4-10-8-13-11-5-1-2-7-15(11)18-16(13)9-12(10)14/h1-9H. The van der Waals surface area contributed by atoms with E-state index in [-0.39, 0.29) is 0 Å². The van der Waals surface area contributed by atoms with Crippen molar-refractivity contribution < 1.29 is 0 Å². The smallest absolute Gasteiger partial charge is 0.0484 e. The highest BCUT2D eigenvalue weighted by molar-refractivity contribution is 7.25. The van der Waals surface area contributed by atoms with Crippen LogP contribution in [-0.4, -0.2) is 0 Å². The summed E-state index contributed by atoms with van der Waals surface area (Å²) in [5.41, 5.74) is 0. The van der Waals surface area contributed by atoms with Crippen LogP contribution in [0.15, 0.2) is 54.6 Å². The maximum atomic E-state index is 6.26. The highest BCUT2D eigenvalue weighted by Crippen LogP contribution is 2.37. The Morgan fingerprint density at radius 1 is 0.722 bits per heavy atom. The summed E-state index contributed by atoms with van der Waals surface area (Å²) >= 11 is 8.09. The van der Waals surface area contributed by atoms with Crippen molar-refractivity contribution in [2.45, 2.75) is 0 Å². The van der Waals surface area contributed by atoms with E-state index in [1.54, 1.807) is 0 Å². The number of hydrogen-bond donors (Lipinski definition) is 0. The molecule has 1 heterocycles. The molecule has 0 nitrogen and oxygen atoms in total. The molecule has 0 bridgehead atoms. The maximum absolute atomic E-state index is 6.26. The summed E-state index contributed by atoms with van der Waals surface area (Å²) in [4.78, 5) is 0. The van der Waals surface area contributed by atoms with Crippen LogP contribution in [-0.2, 0) is 0 Å². The first-order valence-electron chi connectivity index (χ1n) is 5.82. The van der Waals surface area contributed by atoms with Crippen LogP contribution in [0, 0.1) is 0 Å². The zero-order valence-electron chi connectivity index (χ0n) is 9.48. The van der Waals surface area contributed by atoms with Gasteiger partial charge in [-0.2, -0.15) is 0 Å². The van der Waals surface area contributed by atoms with Gasteiger partial charge in [0.25, 0.3) is 0 Å². The van der Waals surface area contributed by atoms with Crippen molar-refractivity contribution in [3.63, 3.8) is 0 Å². The minimum absolute atomic E-state index is 0.826. The molecule has 0 fully saturated rings. The molecule has 3 aromatic carbocycles. The predicted molar refractivity (Wildman–Crippen MR) is 81.8 cm³/mol. The molecule has 2 heteroatoms. The van der Waals surface area contributed by atoms with Gasteiger partial charge in [0.15, 0.2) is 0 Å². The fourth-order valence-electron chi connectivity index (χ4n) is 2.46. The van der Waals surface area contributed by atoms with Gasteiger partial charge in [0, 0.05) is 30.6 Å². The average molecular weight is 269 g/mol. The molecule has 0 saturated carbocycles. The highest BCUT2D eigenvalue weighted by atomic mass is 35.5. The van der Waals surface area contributed by atoms with Gasteiger partial charge in [-0.15, -0.1) is 11.3 Å². The second-order valence-electron chi connectivity index (χ2n) is 4.41. The van der Waals surface area contributed by atoms with E-state index in [1.165, 1.54) is 25.6 Å². The Kier molecular flexibility index (Phi) is 2.14. The first kappa shape index (κ1) is 10.4. The highest BCUT2D eigenvalue weighted by Gasteiger charge is 2.07. The molecule has 0 atom stereocenters. The van der Waals surface area contributed by atoms with Crippen LogP contribution in [0.4, 0.5) is 0 Å². The van der Waals surface area contributed by atoms with E-state index in [9.17, 15) is 0 Å². The second-order valence-corrected chi connectivity index (χ2v) is 5.90. The van der Waals surface area contributed by atoms with E-state index < -0.39 is 0 Å². The van der Waals surface area contributed by atoms with Crippen LogP contribution in [0.1, 0.15) is 0 Å². The second kappa shape index (κ2) is 3.71. The fraction of sp³-hybridized carbons (Fsp3) is 0. The molecule has 0 spiro atoms. The van der Waals surface area contributed by atoms with Crippen molar-refractivity contribution in [1.82, 2.24) is 0 Å². The third kappa shape index (κ3) is 1.38. The Morgan fingerprint density at radius 3 is 2.56 bits per heavy atom. The molecule has 0 aliphatic carbocycles. The summed E-state index contributed by atoms with van der Waals surface area (Å²) in [5, 5.41) is 5.83. The first-order chi connectivity index (χ1) is 8.83. The molecule has 4 aromatic rings. The number of hydrogen-bond acceptors (Lipinski definition) is 1. The lowest BCUT2D eigenvalue weighted by Gasteiger charge is -2.00. The Hall–Kier alpha value is -1.57. The van der Waals surface area contributed by atoms with Gasteiger partial charge in [-0.1, -0.05) is 41.9 Å². The van der Waals surface area contributed by atoms with Crippen LogP contribution in [0.3, 0.4) is 0 Å². The third-order valence-electron chi connectivity index (χ3n) is 3.32. The van der Waals surface area contributed by atoms with Gasteiger partial charge in [-0.25, -0.2) is 0 Å². The molecule has 0 aliphatic heterocycles. The SMILES string of the molecule is Clc1cccc2cc3c(cc12)sc1ccccc13. The molecule has 4 rings (SSSR count). The van der Waals surface area contributed by atoms with Crippen molar-refractivity contribution in [3.8, 4) is 0 Å². The molecule has 0 aliphatic rings. The van der Waals surface area contributed by atoms with Crippen LogP contribution in [0.2, 0.25) is 5.02 Å². The average Bonchev–Trinajstić information content (AvgIpc) is 2.75. The van der Waals surface area contributed by atoms with E-state index in [1.807, 2.05) is 23.5 Å². The number of fused-ring (bicyclic) bond motifs is 4. The normalized spacial score (nSPS) is 11.6. The largest absolute Gasteiger partial charge is 0.135 e. The molecule has 18 heavy (non-hydrogen) atoms. The summed E-state index contributed by atoms with van der Waals surface area (Å²) < 4.78 is 2.63. The van der Waals surface area contributed by atoms with Crippen LogP contribution in [0.5, 0.6) is 0 Å². The lowest BCUT2D eigenvalue weighted by molar-refractivity contribution is 1.81. The topological polar surface area (TPSA) is 0 Å². The Bertz CT molecular complexity index is 889. The van der Waals surface area contributed by atoms with Gasteiger partial charge in [-0.05, 0) is 29.7 Å². The van der Waals surface area contributed by atoms with Crippen molar-refractivity contribution in [3.05, 3.63) is 59.6 Å². The zero-order valence-corrected chi connectivity index (χ0v) is 11.1. The quantitative estimate of drug-likeness (QED) is 0.375. The molecule has 86 valence electrons. The molecule has 0 unspecified atom stereocenters. The Balaban J connectivity index is 2.27. The summed E-state index contributed by atoms with van der Waals surface area (Å²) in [5.74, 6) is 0. The number of rotatable bonds is 0. The lowest BCUT2D eigenvalue weighted by atomic mass is 10.1. The Morgan fingerprint density at radius 2 is 1.61 bits per heavy atom. The summed E-state index contributed by atoms with van der Waals surface area (Å²) in [7, 11) is 0. The molecule has 0 amide bonds. The molecule has 0 radical (unpaired) electrons. The predicted octanol–water partition coefficient (Wildman–Crippen LogP) is 5.86. The van der Waals surface area contributed by atoms with Crippen molar-refractivity contribution in [2.24, 2.45) is 0 Å². The van der Waals surface area contributed by atoms with E-state index >= 15 is 0 Å². The summed E-state index contributed by atoms with van der Waals surface area (Å²) in [6.07, 6.45) is 0. The minimum Gasteiger partial charge on any atom is -0.135 e. The molecule has 0 saturated heterocycles. The molecular weight excluding hydrogens is 260 g/mol. The lowest BCUT2D eigenvalue weighted by Crippen LogP contribution is -1.74. The van der Waals surface area contributed by atoms with Crippen LogP contribution < -0.4 is 0 Å². The van der Waals surface area contributed by atoms with Gasteiger partial charge in [-0.3, -0.25) is 0 Å². The number of thiophene rings is 1. The van der Waals surface area contributed by atoms with Crippen molar-refractivity contribution in [2.75, 3.05) is 0 Å². The van der Waals surface area contributed by atoms with Gasteiger partial charge < -0.3 is 0 Å². The number of benzene rings is 3. The van der Waals surface area contributed by atoms with E-state index in [0.29, 0.717) is 0 Å². The van der Waals surface area contributed by atoms with Gasteiger partial charge in [0.1, 0.15) is 0 Å². The van der Waals surface area contributed by atoms with Crippen molar-refractivity contribution >= 4 is 53.9 Å². The first-order valence-corrected chi connectivity index (χ1v) is 7.02. The van der Waals surface area contributed by atoms with Crippen LogP contribution in [0.25, 0.3) is 30.9 Å². The molecular formula is C16H9ClS. The van der Waals surface area contributed by atoms with E-state index in [0.717, 1.165) is 10.4 Å². The third-order valence-corrected chi connectivity index (χ3v) is 4.79. The molecule has 0 N–H and O–H groups in total. The van der Waals surface area contributed by atoms with Gasteiger partial charge >= 0.3 is 0 Å². The Labute approximate surface area is 113 Å². The fourth-order valence-corrected chi connectivity index (χ4v) is 3.82. The monoisotopic (exact) mass is 268 g/mol. The molecule has 1 aromatic heterocycles. The van der Waals surface area contributed by atoms with Crippen molar-refractivity contribution in [1.29, 1.82) is 0 Å². The minimum atomic E-state index is 0.826. The summed E-state index contributed by atoms with van der Waals surface area (Å²) in [6.45, 7) is 0. The summed E-state index contributed by atoms with van der Waals surface area (Å²) in [6, 6.07) is 19.1. The maximum Gasteiger partial charge on any atom is 0.0484 e.